The van der Waals surface area contributed by atoms with Crippen molar-refractivity contribution >= 4 is 10.8 Å². The zero-order valence-electron chi connectivity index (χ0n) is 12.2. The normalized spacial score (nSPS) is 14.5. The summed E-state index contributed by atoms with van der Waals surface area (Å²) in [6, 6.07) is 9.10. The Morgan fingerprint density at radius 1 is 1.21 bits per heavy atom. The summed E-state index contributed by atoms with van der Waals surface area (Å²) in [5, 5.41) is 6.16. The van der Waals surface area contributed by atoms with Crippen molar-refractivity contribution in [2.24, 2.45) is 5.92 Å². The molecule has 1 aromatic heterocycles. The van der Waals surface area contributed by atoms with E-state index in [2.05, 4.69) is 55.3 Å². The van der Waals surface area contributed by atoms with E-state index in [9.17, 15) is 0 Å². The molecule has 2 rings (SSSR count). The van der Waals surface area contributed by atoms with Gasteiger partial charge in [-0.15, -0.1) is 0 Å². The van der Waals surface area contributed by atoms with E-state index in [4.69, 9.17) is 0 Å². The summed E-state index contributed by atoms with van der Waals surface area (Å²) in [6.07, 6.45) is 6.30. The molecule has 0 aliphatic heterocycles. The van der Waals surface area contributed by atoms with Crippen LogP contribution in [0.4, 0.5) is 0 Å². The summed E-state index contributed by atoms with van der Waals surface area (Å²) in [7, 11) is 0. The van der Waals surface area contributed by atoms with Gasteiger partial charge in [0, 0.05) is 30.4 Å². The fourth-order valence-corrected chi connectivity index (χ4v) is 2.48. The van der Waals surface area contributed by atoms with Crippen LogP contribution in [-0.4, -0.2) is 11.0 Å². The molecule has 0 saturated carbocycles. The summed E-state index contributed by atoms with van der Waals surface area (Å²) < 4.78 is 0. The lowest BCUT2D eigenvalue weighted by atomic mass is 10.00. The minimum atomic E-state index is 0.562. The molecule has 1 N–H and O–H groups in total. The second-order valence-corrected chi connectivity index (χ2v) is 5.55. The van der Waals surface area contributed by atoms with Crippen LogP contribution in [0.2, 0.25) is 0 Å². The van der Waals surface area contributed by atoms with Gasteiger partial charge < -0.3 is 5.32 Å². The summed E-state index contributed by atoms with van der Waals surface area (Å²) in [5.41, 5.74) is 1.36. The van der Waals surface area contributed by atoms with E-state index in [1.165, 1.54) is 29.2 Å². The first-order chi connectivity index (χ1) is 9.20. The van der Waals surface area contributed by atoms with Crippen LogP contribution in [-0.2, 0) is 6.54 Å². The first-order valence-electron chi connectivity index (χ1n) is 7.25. The molecule has 1 aromatic carbocycles. The molecule has 2 unspecified atom stereocenters. The van der Waals surface area contributed by atoms with Crippen molar-refractivity contribution in [3.8, 4) is 0 Å². The van der Waals surface area contributed by atoms with Gasteiger partial charge in [0.15, 0.2) is 0 Å². The van der Waals surface area contributed by atoms with Crippen molar-refractivity contribution in [3.63, 3.8) is 0 Å². The third-order valence-electron chi connectivity index (χ3n) is 3.86. The molecule has 1 heterocycles. The van der Waals surface area contributed by atoms with Crippen LogP contribution in [0.15, 0.2) is 36.7 Å². The van der Waals surface area contributed by atoms with Crippen molar-refractivity contribution < 1.29 is 0 Å². The van der Waals surface area contributed by atoms with Gasteiger partial charge in [0.05, 0.1) is 0 Å². The number of aromatic nitrogens is 1. The lowest BCUT2D eigenvalue weighted by Gasteiger charge is -2.18. The van der Waals surface area contributed by atoms with Gasteiger partial charge in [-0.1, -0.05) is 38.5 Å². The first-order valence-corrected chi connectivity index (χ1v) is 7.25. The van der Waals surface area contributed by atoms with Crippen molar-refractivity contribution in [1.82, 2.24) is 10.3 Å². The highest BCUT2D eigenvalue weighted by atomic mass is 14.9. The topological polar surface area (TPSA) is 24.9 Å². The Kier molecular flexibility index (Phi) is 4.92. The fraction of sp³-hybridized carbons (Fsp3) is 0.471. The highest BCUT2D eigenvalue weighted by molar-refractivity contribution is 5.84. The second kappa shape index (κ2) is 6.67. The van der Waals surface area contributed by atoms with E-state index >= 15 is 0 Å². The van der Waals surface area contributed by atoms with Gasteiger partial charge in [-0.3, -0.25) is 4.98 Å². The van der Waals surface area contributed by atoms with E-state index < -0.39 is 0 Å². The molecule has 102 valence electrons. The highest BCUT2D eigenvalue weighted by Gasteiger charge is 2.07. The molecule has 0 bridgehead atoms. The second-order valence-electron chi connectivity index (χ2n) is 5.55. The molecule has 0 amide bonds. The molecule has 2 nitrogen and oxygen atoms in total. The van der Waals surface area contributed by atoms with Crippen LogP contribution in [0.3, 0.4) is 0 Å². The number of benzene rings is 1. The number of nitrogens with zero attached hydrogens (tertiary/aromatic N) is 1. The van der Waals surface area contributed by atoms with Gasteiger partial charge >= 0.3 is 0 Å². The Morgan fingerprint density at radius 3 is 2.84 bits per heavy atom. The summed E-state index contributed by atoms with van der Waals surface area (Å²) >= 11 is 0. The maximum Gasteiger partial charge on any atom is 0.0346 e. The molecule has 2 atom stereocenters. The average molecular weight is 256 g/mol. The predicted octanol–water partition coefficient (Wildman–Crippen LogP) is 4.15. The standard InChI is InChI=1S/C17H24N2/c1-4-13(2)10-14(3)19-12-16-7-5-6-15-11-18-9-8-17(15)16/h5-9,11,13-14,19H,4,10,12H2,1-3H3. The van der Waals surface area contributed by atoms with Crippen LogP contribution in [0, 0.1) is 5.92 Å². The van der Waals surface area contributed by atoms with E-state index in [0.29, 0.717) is 6.04 Å². The van der Waals surface area contributed by atoms with E-state index in [1.54, 1.807) is 0 Å². The molecular weight excluding hydrogens is 232 g/mol. The van der Waals surface area contributed by atoms with Crippen LogP contribution in [0.25, 0.3) is 10.8 Å². The highest BCUT2D eigenvalue weighted by Crippen LogP contribution is 2.18. The zero-order valence-corrected chi connectivity index (χ0v) is 12.2. The summed E-state index contributed by atoms with van der Waals surface area (Å²) in [5.74, 6) is 0.791. The van der Waals surface area contributed by atoms with Gasteiger partial charge in [0.1, 0.15) is 0 Å². The summed E-state index contributed by atoms with van der Waals surface area (Å²) in [4.78, 5) is 4.18. The maximum absolute atomic E-state index is 4.18. The molecule has 19 heavy (non-hydrogen) atoms. The third kappa shape index (κ3) is 3.77. The Labute approximate surface area is 116 Å². The monoisotopic (exact) mass is 256 g/mol. The SMILES string of the molecule is CCC(C)CC(C)NCc1cccc2cnccc12. The maximum atomic E-state index is 4.18. The number of nitrogens with one attached hydrogen (secondary N) is 1. The zero-order chi connectivity index (χ0) is 13.7. The first kappa shape index (κ1) is 14.0. The van der Waals surface area contributed by atoms with Crippen LogP contribution < -0.4 is 5.32 Å². The Morgan fingerprint density at radius 2 is 2.05 bits per heavy atom. The van der Waals surface area contributed by atoms with E-state index in [-0.39, 0.29) is 0 Å². The van der Waals surface area contributed by atoms with Crippen molar-refractivity contribution in [2.75, 3.05) is 0 Å². The molecule has 0 spiro atoms. The lowest BCUT2D eigenvalue weighted by molar-refractivity contribution is 0.412. The van der Waals surface area contributed by atoms with Gasteiger partial charge in [-0.05, 0) is 36.3 Å². The number of hydrogen-bond donors (Lipinski definition) is 1. The number of pyridine rings is 1. The van der Waals surface area contributed by atoms with Gasteiger partial charge in [0.2, 0.25) is 0 Å². The molecule has 2 aromatic rings. The van der Waals surface area contributed by atoms with E-state index in [0.717, 1.165) is 12.5 Å². The largest absolute Gasteiger partial charge is 0.310 e. The molecule has 0 radical (unpaired) electrons. The molecule has 0 saturated heterocycles. The summed E-state index contributed by atoms with van der Waals surface area (Å²) in [6.45, 7) is 7.79. The predicted molar refractivity (Wildman–Crippen MR) is 82.1 cm³/mol. The van der Waals surface area contributed by atoms with E-state index in [1.807, 2.05) is 12.4 Å². The average Bonchev–Trinajstić information content (AvgIpc) is 2.44. The quantitative estimate of drug-likeness (QED) is 0.840. The molecule has 0 aliphatic rings. The molecule has 0 fully saturated rings. The Balaban J connectivity index is 2.02. The number of hydrogen-bond acceptors (Lipinski definition) is 2. The smallest absolute Gasteiger partial charge is 0.0346 e. The Bertz CT molecular complexity index is 516. The number of fused-ring (bicyclic) bond motifs is 1. The van der Waals surface area contributed by atoms with Gasteiger partial charge in [-0.2, -0.15) is 0 Å². The molecular formula is C17H24N2. The lowest BCUT2D eigenvalue weighted by Crippen LogP contribution is -2.27. The van der Waals surface area contributed by atoms with Gasteiger partial charge in [-0.25, -0.2) is 0 Å². The van der Waals surface area contributed by atoms with Crippen molar-refractivity contribution in [3.05, 3.63) is 42.2 Å². The molecule has 2 heteroatoms. The van der Waals surface area contributed by atoms with Crippen LogP contribution in [0.5, 0.6) is 0 Å². The van der Waals surface area contributed by atoms with Crippen molar-refractivity contribution in [1.29, 1.82) is 0 Å². The third-order valence-corrected chi connectivity index (χ3v) is 3.86. The molecule has 0 aliphatic carbocycles. The Hall–Kier alpha value is -1.41. The minimum Gasteiger partial charge on any atom is -0.310 e. The minimum absolute atomic E-state index is 0.562. The van der Waals surface area contributed by atoms with Crippen molar-refractivity contribution in [2.45, 2.75) is 46.2 Å². The number of rotatable bonds is 6. The van der Waals surface area contributed by atoms with Crippen LogP contribution in [0.1, 0.15) is 39.2 Å². The fourth-order valence-electron chi connectivity index (χ4n) is 2.48. The van der Waals surface area contributed by atoms with Crippen LogP contribution >= 0.6 is 0 Å². The van der Waals surface area contributed by atoms with Gasteiger partial charge in [0.25, 0.3) is 0 Å².